The van der Waals surface area contributed by atoms with E-state index >= 15 is 0 Å². The molecule has 1 aromatic heterocycles. The molecule has 32 heavy (non-hydrogen) atoms. The molecule has 0 saturated heterocycles. The lowest BCUT2D eigenvalue weighted by atomic mass is 10.1. The fourth-order valence-electron chi connectivity index (χ4n) is 3.24. The SMILES string of the molecule is CC(NC(=O)CSc1nnc(-c2ccccc2F)n1-c1ccc(F)cc1)c1ccccc1. The Balaban J connectivity index is 1.58. The fourth-order valence-corrected chi connectivity index (χ4v) is 4.00. The number of nitrogens with zero attached hydrogens (tertiary/aromatic N) is 3. The molecule has 4 aromatic rings. The molecule has 0 aliphatic carbocycles. The smallest absolute Gasteiger partial charge is 0.230 e. The van der Waals surface area contributed by atoms with Crippen LogP contribution in [0.3, 0.4) is 0 Å². The minimum Gasteiger partial charge on any atom is -0.349 e. The standard InChI is InChI=1S/C24H20F2N4OS/c1-16(17-7-3-2-4-8-17)27-22(31)15-32-24-29-28-23(20-9-5-6-10-21(20)26)30(24)19-13-11-18(25)12-14-19/h2-14,16H,15H2,1H3,(H,27,31). The Hall–Kier alpha value is -3.52. The first-order valence-corrected chi connectivity index (χ1v) is 10.9. The van der Waals surface area contributed by atoms with E-state index in [1.807, 2.05) is 37.3 Å². The summed E-state index contributed by atoms with van der Waals surface area (Å²) in [5, 5.41) is 11.7. The topological polar surface area (TPSA) is 59.8 Å². The van der Waals surface area contributed by atoms with Gasteiger partial charge in [-0.25, -0.2) is 8.78 Å². The minimum absolute atomic E-state index is 0.0910. The van der Waals surface area contributed by atoms with Crippen LogP contribution in [0, 0.1) is 11.6 Å². The highest BCUT2D eigenvalue weighted by atomic mass is 32.2. The third kappa shape index (κ3) is 4.86. The highest BCUT2D eigenvalue weighted by molar-refractivity contribution is 7.99. The van der Waals surface area contributed by atoms with Crippen LogP contribution >= 0.6 is 11.8 Å². The van der Waals surface area contributed by atoms with E-state index in [-0.39, 0.29) is 29.1 Å². The molecule has 0 bridgehead atoms. The zero-order chi connectivity index (χ0) is 22.5. The lowest BCUT2D eigenvalue weighted by Crippen LogP contribution is -2.28. The van der Waals surface area contributed by atoms with Gasteiger partial charge in [0, 0.05) is 5.69 Å². The molecule has 0 aliphatic rings. The van der Waals surface area contributed by atoms with Crippen molar-refractivity contribution in [1.82, 2.24) is 20.1 Å². The number of hydrogen-bond donors (Lipinski definition) is 1. The average Bonchev–Trinajstić information content (AvgIpc) is 3.23. The summed E-state index contributed by atoms with van der Waals surface area (Å²) in [6, 6.07) is 21.5. The van der Waals surface area contributed by atoms with Crippen LogP contribution in [0.2, 0.25) is 0 Å². The Bertz CT molecular complexity index is 1210. The molecule has 1 N–H and O–H groups in total. The van der Waals surface area contributed by atoms with Crippen LogP contribution in [-0.2, 0) is 4.79 Å². The number of benzene rings is 3. The quantitative estimate of drug-likeness (QED) is 0.394. The molecule has 1 atom stereocenters. The summed E-state index contributed by atoms with van der Waals surface area (Å²) >= 11 is 1.17. The van der Waals surface area contributed by atoms with E-state index in [9.17, 15) is 13.6 Å². The molecule has 1 heterocycles. The summed E-state index contributed by atoms with van der Waals surface area (Å²) in [6.07, 6.45) is 0. The number of hydrogen-bond acceptors (Lipinski definition) is 4. The van der Waals surface area contributed by atoms with Gasteiger partial charge < -0.3 is 5.32 Å². The largest absolute Gasteiger partial charge is 0.349 e. The first kappa shape index (κ1) is 21.7. The van der Waals surface area contributed by atoms with E-state index in [0.29, 0.717) is 10.8 Å². The lowest BCUT2D eigenvalue weighted by Gasteiger charge is -2.14. The van der Waals surface area contributed by atoms with Gasteiger partial charge in [0.15, 0.2) is 11.0 Å². The maximum atomic E-state index is 14.5. The number of carbonyl (C=O) groups excluding carboxylic acids is 1. The van der Waals surface area contributed by atoms with Crippen LogP contribution in [0.25, 0.3) is 17.1 Å². The van der Waals surface area contributed by atoms with E-state index in [0.717, 1.165) is 5.56 Å². The summed E-state index contributed by atoms with van der Waals surface area (Å²) < 4.78 is 29.5. The van der Waals surface area contributed by atoms with Crippen molar-refractivity contribution in [3.8, 4) is 17.1 Å². The maximum Gasteiger partial charge on any atom is 0.230 e. The van der Waals surface area contributed by atoms with Crippen molar-refractivity contribution in [3.05, 3.63) is 96.1 Å². The highest BCUT2D eigenvalue weighted by Gasteiger charge is 2.20. The molecule has 0 radical (unpaired) electrons. The molecule has 0 fully saturated rings. The summed E-state index contributed by atoms with van der Waals surface area (Å²) in [5.41, 5.74) is 1.83. The van der Waals surface area contributed by atoms with Gasteiger partial charge in [0.25, 0.3) is 0 Å². The Kier molecular flexibility index (Phi) is 6.61. The number of carbonyl (C=O) groups is 1. The Morgan fingerprint density at radius 3 is 2.38 bits per heavy atom. The van der Waals surface area contributed by atoms with E-state index in [1.54, 1.807) is 34.9 Å². The predicted octanol–water partition coefficient (Wildman–Crippen LogP) is 5.18. The second-order valence-electron chi connectivity index (χ2n) is 7.09. The van der Waals surface area contributed by atoms with Crippen molar-refractivity contribution >= 4 is 17.7 Å². The van der Waals surface area contributed by atoms with Gasteiger partial charge >= 0.3 is 0 Å². The molecule has 162 valence electrons. The van der Waals surface area contributed by atoms with Crippen molar-refractivity contribution in [1.29, 1.82) is 0 Å². The normalized spacial score (nSPS) is 11.8. The predicted molar refractivity (Wildman–Crippen MR) is 120 cm³/mol. The third-order valence-corrected chi connectivity index (χ3v) is 5.77. The van der Waals surface area contributed by atoms with Gasteiger partial charge in [0.1, 0.15) is 11.6 Å². The molecule has 4 rings (SSSR count). The molecule has 0 saturated carbocycles. The van der Waals surface area contributed by atoms with E-state index < -0.39 is 11.6 Å². The summed E-state index contributed by atoms with van der Waals surface area (Å²) in [4.78, 5) is 12.5. The van der Waals surface area contributed by atoms with Gasteiger partial charge in [-0.3, -0.25) is 9.36 Å². The molecule has 1 amide bonds. The van der Waals surface area contributed by atoms with Gasteiger partial charge in [-0.15, -0.1) is 10.2 Å². The van der Waals surface area contributed by atoms with E-state index in [1.165, 1.54) is 30.0 Å². The first-order chi connectivity index (χ1) is 15.5. The Labute approximate surface area is 188 Å². The van der Waals surface area contributed by atoms with Crippen LogP contribution < -0.4 is 5.32 Å². The molecule has 8 heteroatoms. The van der Waals surface area contributed by atoms with Crippen LogP contribution in [0.4, 0.5) is 8.78 Å². The fraction of sp³-hybridized carbons (Fsp3) is 0.125. The van der Waals surface area contributed by atoms with Crippen molar-refractivity contribution in [2.45, 2.75) is 18.1 Å². The van der Waals surface area contributed by atoms with Gasteiger partial charge in [-0.05, 0) is 48.9 Å². The number of thioether (sulfide) groups is 1. The number of nitrogens with one attached hydrogen (secondary N) is 1. The minimum atomic E-state index is -0.450. The third-order valence-electron chi connectivity index (χ3n) is 4.84. The number of rotatable bonds is 7. The summed E-state index contributed by atoms with van der Waals surface area (Å²) in [7, 11) is 0. The van der Waals surface area contributed by atoms with E-state index in [4.69, 9.17) is 0 Å². The van der Waals surface area contributed by atoms with Gasteiger partial charge in [-0.1, -0.05) is 54.2 Å². The van der Waals surface area contributed by atoms with Crippen LogP contribution in [-0.4, -0.2) is 26.4 Å². The number of aromatic nitrogens is 3. The Morgan fingerprint density at radius 1 is 0.969 bits per heavy atom. The number of amides is 1. The van der Waals surface area contributed by atoms with Gasteiger partial charge in [-0.2, -0.15) is 0 Å². The molecular formula is C24H20F2N4OS. The molecule has 5 nitrogen and oxygen atoms in total. The zero-order valence-electron chi connectivity index (χ0n) is 17.2. The summed E-state index contributed by atoms with van der Waals surface area (Å²) in [5.74, 6) is -0.650. The van der Waals surface area contributed by atoms with Crippen molar-refractivity contribution in [2.24, 2.45) is 0 Å². The molecule has 1 unspecified atom stereocenters. The second-order valence-corrected chi connectivity index (χ2v) is 8.03. The average molecular weight is 451 g/mol. The van der Waals surface area contributed by atoms with Crippen LogP contribution in [0.1, 0.15) is 18.5 Å². The van der Waals surface area contributed by atoms with Crippen LogP contribution in [0.15, 0.2) is 84.0 Å². The molecule has 3 aromatic carbocycles. The van der Waals surface area contributed by atoms with Crippen molar-refractivity contribution in [2.75, 3.05) is 5.75 Å². The molecule has 0 spiro atoms. The van der Waals surface area contributed by atoms with Crippen molar-refractivity contribution in [3.63, 3.8) is 0 Å². The monoisotopic (exact) mass is 450 g/mol. The Morgan fingerprint density at radius 2 is 1.66 bits per heavy atom. The zero-order valence-corrected chi connectivity index (χ0v) is 18.0. The molecular weight excluding hydrogens is 430 g/mol. The lowest BCUT2D eigenvalue weighted by molar-refractivity contribution is -0.119. The van der Waals surface area contributed by atoms with Gasteiger partial charge in [0.2, 0.25) is 5.91 Å². The van der Waals surface area contributed by atoms with Crippen LogP contribution in [0.5, 0.6) is 0 Å². The molecule has 0 aliphatic heterocycles. The summed E-state index contributed by atoms with van der Waals surface area (Å²) in [6.45, 7) is 1.91. The van der Waals surface area contributed by atoms with Gasteiger partial charge in [0.05, 0.1) is 17.4 Å². The highest BCUT2D eigenvalue weighted by Crippen LogP contribution is 2.29. The second kappa shape index (κ2) is 9.74. The van der Waals surface area contributed by atoms with Crippen molar-refractivity contribution < 1.29 is 13.6 Å². The van der Waals surface area contributed by atoms with E-state index in [2.05, 4.69) is 15.5 Å². The number of halogens is 2. The maximum absolute atomic E-state index is 14.5. The first-order valence-electron chi connectivity index (χ1n) is 9.96.